The van der Waals surface area contributed by atoms with Crippen LogP contribution in [0.1, 0.15) is 0 Å². The van der Waals surface area contributed by atoms with E-state index in [-0.39, 0.29) is 0 Å². The molecule has 1 nitrogen and oxygen atoms in total. The van der Waals surface area contributed by atoms with Gasteiger partial charge in [-0.15, -0.1) is 0 Å². The van der Waals surface area contributed by atoms with Crippen molar-refractivity contribution in [2.45, 2.75) is 5.03 Å². The van der Waals surface area contributed by atoms with Crippen LogP contribution >= 0.6 is 10.0 Å². The first kappa shape index (κ1) is 8.34. The molecule has 1 heterocycles. The third-order valence-electron chi connectivity index (χ3n) is 1.59. The maximum atomic E-state index is 4.29. The Balaban J connectivity index is 3.02. The second kappa shape index (κ2) is 3.09. The molecular formula is C9H13NS. The zero-order chi connectivity index (χ0) is 8.32. The summed E-state index contributed by atoms with van der Waals surface area (Å²) >= 11 is 0. The maximum absolute atomic E-state index is 4.29. The summed E-state index contributed by atoms with van der Waals surface area (Å²) in [5.74, 6) is 0. The predicted molar refractivity (Wildman–Crippen MR) is 52.1 cm³/mol. The number of pyridine rings is 1. The first-order valence-corrected chi connectivity index (χ1v) is 5.95. The molecule has 0 aromatic carbocycles. The standard InChI is InChI=1S/C9H13NS/c1-4-11(2,3)9-7-5-6-8-10-9/h4-8H,1H2,2-3H3. The number of aromatic nitrogens is 1. The van der Waals surface area contributed by atoms with Crippen molar-refractivity contribution in [2.24, 2.45) is 0 Å². The summed E-state index contributed by atoms with van der Waals surface area (Å²) in [6.45, 7) is 3.81. The van der Waals surface area contributed by atoms with E-state index in [1.807, 2.05) is 23.7 Å². The Morgan fingerprint density at radius 2 is 2.18 bits per heavy atom. The highest BCUT2D eigenvalue weighted by Gasteiger charge is 2.09. The van der Waals surface area contributed by atoms with Crippen LogP contribution in [-0.4, -0.2) is 17.5 Å². The number of hydrogen-bond donors (Lipinski definition) is 0. The van der Waals surface area contributed by atoms with E-state index in [0.29, 0.717) is 0 Å². The first-order valence-electron chi connectivity index (χ1n) is 3.44. The lowest BCUT2D eigenvalue weighted by molar-refractivity contribution is 1.13. The van der Waals surface area contributed by atoms with Crippen LogP contribution in [0.4, 0.5) is 0 Å². The fraction of sp³-hybridized carbons (Fsp3) is 0.222. The third-order valence-corrected chi connectivity index (χ3v) is 3.75. The van der Waals surface area contributed by atoms with Gasteiger partial charge in [0.15, 0.2) is 0 Å². The summed E-state index contributed by atoms with van der Waals surface area (Å²) in [6, 6.07) is 6.00. The average molecular weight is 167 g/mol. The van der Waals surface area contributed by atoms with Gasteiger partial charge in [0.05, 0.1) is 5.03 Å². The SMILES string of the molecule is C=CS(C)(C)c1ccccn1. The van der Waals surface area contributed by atoms with E-state index in [1.165, 1.54) is 0 Å². The Labute approximate surface area is 69.5 Å². The molecule has 0 aliphatic carbocycles. The van der Waals surface area contributed by atoms with Crippen LogP contribution in [0.5, 0.6) is 0 Å². The minimum absolute atomic E-state index is 0.845. The van der Waals surface area contributed by atoms with Gasteiger partial charge in [-0.25, -0.2) is 0 Å². The van der Waals surface area contributed by atoms with Crippen molar-refractivity contribution < 1.29 is 0 Å². The van der Waals surface area contributed by atoms with Crippen LogP contribution in [0.25, 0.3) is 0 Å². The highest BCUT2D eigenvalue weighted by molar-refractivity contribution is 8.35. The molecule has 1 rings (SSSR count). The molecule has 0 saturated heterocycles. The second-order valence-corrected chi connectivity index (χ2v) is 6.30. The van der Waals surface area contributed by atoms with E-state index >= 15 is 0 Å². The lowest BCUT2D eigenvalue weighted by Gasteiger charge is -2.24. The van der Waals surface area contributed by atoms with Gasteiger partial charge in [0, 0.05) is 6.20 Å². The zero-order valence-electron chi connectivity index (χ0n) is 6.95. The summed E-state index contributed by atoms with van der Waals surface area (Å²) < 4.78 is 0. The van der Waals surface area contributed by atoms with Gasteiger partial charge in [0.2, 0.25) is 0 Å². The number of nitrogens with zero attached hydrogens (tertiary/aromatic N) is 1. The third kappa shape index (κ3) is 1.84. The average Bonchev–Trinajstić information content (AvgIpc) is 2.06. The Morgan fingerprint density at radius 3 is 2.64 bits per heavy atom. The normalized spacial score (nSPS) is 12.5. The van der Waals surface area contributed by atoms with Crippen molar-refractivity contribution in [3.05, 3.63) is 36.4 Å². The Bertz CT molecular complexity index is 241. The molecule has 0 bridgehead atoms. The van der Waals surface area contributed by atoms with E-state index in [2.05, 4.69) is 30.1 Å². The molecular weight excluding hydrogens is 154 g/mol. The lowest BCUT2D eigenvalue weighted by atomic mass is 10.5. The molecule has 0 unspecified atom stereocenters. The molecule has 60 valence electrons. The Kier molecular flexibility index (Phi) is 2.35. The molecule has 0 saturated carbocycles. The fourth-order valence-electron chi connectivity index (χ4n) is 0.744. The first-order chi connectivity index (χ1) is 5.17. The van der Waals surface area contributed by atoms with Crippen molar-refractivity contribution in [1.29, 1.82) is 0 Å². The second-order valence-electron chi connectivity index (χ2n) is 2.74. The van der Waals surface area contributed by atoms with E-state index in [1.54, 1.807) is 0 Å². The molecule has 0 aliphatic heterocycles. The van der Waals surface area contributed by atoms with Crippen molar-refractivity contribution in [2.75, 3.05) is 12.5 Å². The maximum Gasteiger partial charge on any atom is 0.0820 e. The Morgan fingerprint density at radius 1 is 1.45 bits per heavy atom. The minimum Gasteiger partial charge on any atom is -0.251 e. The predicted octanol–water partition coefficient (Wildman–Crippen LogP) is 2.65. The summed E-state index contributed by atoms with van der Waals surface area (Å²) in [5.41, 5.74) is 0. The molecule has 2 heteroatoms. The summed E-state index contributed by atoms with van der Waals surface area (Å²) in [7, 11) is -0.845. The van der Waals surface area contributed by atoms with Crippen molar-refractivity contribution in [1.82, 2.24) is 4.98 Å². The molecule has 0 radical (unpaired) electrons. The molecule has 0 fully saturated rings. The summed E-state index contributed by atoms with van der Waals surface area (Å²) in [6.07, 6.45) is 6.19. The van der Waals surface area contributed by atoms with Gasteiger partial charge in [0.25, 0.3) is 0 Å². The van der Waals surface area contributed by atoms with Crippen molar-refractivity contribution in [3.8, 4) is 0 Å². The van der Waals surface area contributed by atoms with Gasteiger partial charge < -0.3 is 0 Å². The molecule has 0 spiro atoms. The van der Waals surface area contributed by atoms with Gasteiger partial charge in [-0.3, -0.25) is 4.98 Å². The molecule has 0 aliphatic rings. The van der Waals surface area contributed by atoms with Crippen molar-refractivity contribution >= 4 is 10.0 Å². The highest BCUT2D eigenvalue weighted by Crippen LogP contribution is 2.48. The van der Waals surface area contributed by atoms with E-state index < -0.39 is 10.0 Å². The van der Waals surface area contributed by atoms with Crippen LogP contribution in [0.2, 0.25) is 0 Å². The molecule has 1 aromatic heterocycles. The number of hydrogen-bond acceptors (Lipinski definition) is 1. The van der Waals surface area contributed by atoms with E-state index in [4.69, 9.17) is 0 Å². The van der Waals surface area contributed by atoms with Crippen LogP contribution in [-0.2, 0) is 0 Å². The van der Waals surface area contributed by atoms with Gasteiger partial charge in [0.1, 0.15) is 0 Å². The Hall–Kier alpha value is -0.760. The molecule has 0 N–H and O–H groups in total. The summed E-state index contributed by atoms with van der Waals surface area (Å²) in [5, 5.41) is 3.14. The monoisotopic (exact) mass is 167 g/mol. The van der Waals surface area contributed by atoms with Gasteiger partial charge in [-0.05, 0) is 30.1 Å². The van der Waals surface area contributed by atoms with Gasteiger partial charge in [-0.1, -0.05) is 12.6 Å². The largest absolute Gasteiger partial charge is 0.251 e. The minimum atomic E-state index is -0.845. The lowest BCUT2D eigenvalue weighted by Crippen LogP contribution is -1.93. The van der Waals surface area contributed by atoms with Crippen LogP contribution in [0.3, 0.4) is 0 Å². The topological polar surface area (TPSA) is 12.9 Å². The quantitative estimate of drug-likeness (QED) is 0.660. The smallest absolute Gasteiger partial charge is 0.0820 e. The molecule has 0 amide bonds. The van der Waals surface area contributed by atoms with E-state index in [0.717, 1.165) is 5.03 Å². The molecule has 11 heavy (non-hydrogen) atoms. The number of rotatable bonds is 2. The van der Waals surface area contributed by atoms with Gasteiger partial charge in [-0.2, -0.15) is 10.0 Å². The summed E-state index contributed by atoms with van der Waals surface area (Å²) in [4.78, 5) is 4.29. The molecule has 1 aromatic rings. The molecule has 0 atom stereocenters. The van der Waals surface area contributed by atoms with Crippen molar-refractivity contribution in [3.63, 3.8) is 0 Å². The van der Waals surface area contributed by atoms with Crippen LogP contribution in [0, 0.1) is 0 Å². The highest BCUT2D eigenvalue weighted by atomic mass is 32.3. The van der Waals surface area contributed by atoms with E-state index in [9.17, 15) is 0 Å². The van der Waals surface area contributed by atoms with Crippen LogP contribution in [0.15, 0.2) is 41.4 Å². The van der Waals surface area contributed by atoms with Gasteiger partial charge >= 0.3 is 0 Å². The zero-order valence-corrected chi connectivity index (χ0v) is 7.77. The fourth-order valence-corrected chi connectivity index (χ4v) is 1.68. The van der Waals surface area contributed by atoms with Crippen LogP contribution < -0.4 is 0 Å².